The van der Waals surface area contributed by atoms with Crippen LogP contribution in [0.25, 0.3) is 0 Å². The van der Waals surface area contributed by atoms with Crippen LogP contribution in [-0.2, 0) is 4.79 Å². The first-order chi connectivity index (χ1) is 8.95. The summed E-state index contributed by atoms with van der Waals surface area (Å²) in [5, 5.41) is 3.35. The van der Waals surface area contributed by atoms with Gasteiger partial charge in [0.15, 0.2) is 0 Å². The Balaban J connectivity index is 2.85. The Labute approximate surface area is 122 Å². The van der Waals surface area contributed by atoms with Crippen LogP contribution in [0.5, 0.6) is 5.75 Å². The number of carbonyl (C=O) groups is 1. The molecule has 19 heavy (non-hydrogen) atoms. The van der Waals surface area contributed by atoms with Crippen LogP contribution in [0.1, 0.15) is 32.4 Å². The summed E-state index contributed by atoms with van der Waals surface area (Å²) in [6, 6.07) is 6.10. The molecular formula is C14H21BrN2O2. The van der Waals surface area contributed by atoms with Gasteiger partial charge in [-0.3, -0.25) is 4.79 Å². The number of hydrogen-bond acceptors (Lipinski definition) is 3. The fraction of sp³-hybridized carbons (Fsp3) is 0.500. The number of ether oxygens (including phenoxy) is 1. The van der Waals surface area contributed by atoms with Crippen LogP contribution in [0.4, 0.5) is 0 Å². The van der Waals surface area contributed by atoms with Crippen molar-refractivity contribution >= 4 is 21.8 Å². The number of primary amides is 1. The molecule has 4 nitrogen and oxygen atoms in total. The van der Waals surface area contributed by atoms with Crippen molar-refractivity contribution in [2.75, 3.05) is 13.2 Å². The largest absolute Gasteiger partial charge is 0.492 e. The van der Waals surface area contributed by atoms with Gasteiger partial charge in [0.05, 0.1) is 12.5 Å². The molecule has 0 aliphatic carbocycles. The third-order valence-electron chi connectivity index (χ3n) is 2.93. The molecule has 0 aromatic heterocycles. The lowest BCUT2D eigenvalue weighted by molar-refractivity contribution is -0.122. The van der Waals surface area contributed by atoms with Crippen LogP contribution < -0.4 is 15.8 Å². The summed E-state index contributed by atoms with van der Waals surface area (Å²) >= 11 is 3.43. The maximum atomic E-state index is 11.0. The number of amides is 1. The molecule has 0 bridgehead atoms. The van der Waals surface area contributed by atoms with E-state index < -0.39 is 0 Å². The predicted octanol–water partition coefficient (Wildman–Crippen LogP) is 2.62. The molecular weight excluding hydrogens is 308 g/mol. The lowest BCUT2D eigenvalue weighted by atomic mass is 10.1. The number of nitrogens with two attached hydrogens (primary N) is 1. The summed E-state index contributed by atoms with van der Waals surface area (Å²) < 4.78 is 6.68. The van der Waals surface area contributed by atoms with Gasteiger partial charge in [-0.25, -0.2) is 0 Å². The van der Waals surface area contributed by atoms with E-state index in [0.717, 1.165) is 22.3 Å². The summed E-state index contributed by atoms with van der Waals surface area (Å²) in [5.74, 6) is 0.119. The van der Waals surface area contributed by atoms with E-state index in [4.69, 9.17) is 10.5 Å². The van der Waals surface area contributed by atoms with Crippen LogP contribution >= 0.6 is 15.9 Å². The molecule has 106 valence electrons. The number of carbonyl (C=O) groups excluding carboxylic acids is 1. The number of halogens is 1. The second-order valence-electron chi connectivity index (χ2n) is 4.58. The van der Waals surface area contributed by atoms with Gasteiger partial charge in [-0.15, -0.1) is 0 Å². The summed E-state index contributed by atoms with van der Waals surface area (Å²) in [7, 11) is 0. The first-order valence-corrected chi connectivity index (χ1v) is 7.20. The van der Waals surface area contributed by atoms with Crippen LogP contribution in [0.15, 0.2) is 22.7 Å². The molecule has 1 aromatic carbocycles. The topological polar surface area (TPSA) is 64.3 Å². The highest BCUT2D eigenvalue weighted by atomic mass is 79.9. The van der Waals surface area contributed by atoms with E-state index in [9.17, 15) is 4.79 Å². The molecule has 0 heterocycles. The minimum Gasteiger partial charge on any atom is -0.492 e. The van der Waals surface area contributed by atoms with Crippen molar-refractivity contribution in [3.8, 4) is 5.75 Å². The van der Waals surface area contributed by atoms with Crippen LogP contribution in [-0.4, -0.2) is 19.1 Å². The molecule has 2 atom stereocenters. The summed E-state index contributed by atoms with van der Waals surface area (Å²) in [5.41, 5.74) is 6.31. The van der Waals surface area contributed by atoms with Crippen molar-refractivity contribution in [2.45, 2.75) is 26.8 Å². The van der Waals surface area contributed by atoms with Crippen molar-refractivity contribution in [3.63, 3.8) is 0 Å². The maximum Gasteiger partial charge on any atom is 0.223 e. The molecule has 0 saturated carbocycles. The van der Waals surface area contributed by atoms with Gasteiger partial charge >= 0.3 is 0 Å². The van der Waals surface area contributed by atoms with Gasteiger partial charge in [0.25, 0.3) is 0 Å². The Hall–Kier alpha value is -1.07. The zero-order valence-corrected chi connectivity index (χ0v) is 13.2. The van der Waals surface area contributed by atoms with E-state index in [-0.39, 0.29) is 24.5 Å². The smallest absolute Gasteiger partial charge is 0.223 e. The molecule has 0 aliphatic rings. The van der Waals surface area contributed by atoms with Gasteiger partial charge in [0, 0.05) is 16.1 Å². The van der Waals surface area contributed by atoms with Gasteiger partial charge < -0.3 is 15.8 Å². The molecule has 5 heteroatoms. The molecule has 1 rings (SSSR count). The molecule has 2 unspecified atom stereocenters. The third-order valence-corrected chi connectivity index (χ3v) is 3.42. The van der Waals surface area contributed by atoms with Gasteiger partial charge in [-0.1, -0.05) is 35.8 Å². The Kier molecular flexibility index (Phi) is 6.31. The van der Waals surface area contributed by atoms with Gasteiger partial charge in [0.1, 0.15) is 5.75 Å². The molecule has 3 N–H and O–H groups in total. The second kappa shape index (κ2) is 7.50. The Morgan fingerprint density at radius 2 is 2.16 bits per heavy atom. The summed E-state index contributed by atoms with van der Waals surface area (Å²) in [6.07, 6.45) is 0. The van der Waals surface area contributed by atoms with Crippen molar-refractivity contribution in [1.29, 1.82) is 0 Å². The number of hydrogen-bond donors (Lipinski definition) is 2. The van der Waals surface area contributed by atoms with Crippen LogP contribution in [0.3, 0.4) is 0 Å². The zero-order chi connectivity index (χ0) is 14.4. The molecule has 0 spiro atoms. The SMILES string of the molecule is CCNC(C)c1ccc(Br)cc1OCC(C)C(N)=O. The minimum atomic E-state index is -0.351. The summed E-state index contributed by atoms with van der Waals surface area (Å²) in [4.78, 5) is 11.0. The van der Waals surface area contributed by atoms with Gasteiger partial charge in [0.2, 0.25) is 5.91 Å². The van der Waals surface area contributed by atoms with Crippen LogP contribution in [0, 0.1) is 5.92 Å². The fourth-order valence-electron chi connectivity index (χ4n) is 1.70. The first-order valence-electron chi connectivity index (χ1n) is 6.40. The van der Waals surface area contributed by atoms with E-state index in [1.807, 2.05) is 18.2 Å². The molecule has 0 fully saturated rings. The normalized spacial score (nSPS) is 13.9. The Morgan fingerprint density at radius 3 is 2.74 bits per heavy atom. The average Bonchev–Trinajstić information content (AvgIpc) is 2.36. The predicted molar refractivity (Wildman–Crippen MR) is 80.1 cm³/mol. The highest BCUT2D eigenvalue weighted by Gasteiger charge is 2.14. The van der Waals surface area contributed by atoms with Gasteiger partial charge in [-0.05, 0) is 25.6 Å². The highest BCUT2D eigenvalue weighted by Crippen LogP contribution is 2.29. The van der Waals surface area contributed by atoms with Crippen molar-refractivity contribution in [3.05, 3.63) is 28.2 Å². The molecule has 0 radical (unpaired) electrons. The lowest BCUT2D eigenvalue weighted by Gasteiger charge is -2.19. The highest BCUT2D eigenvalue weighted by molar-refractivity contribution is 9.10. The second-order valence-corrected chi connectivity index (χ2v) is 5.49. The third kappa shape index (κ3) is 4.84. The monoisotopic (exact) mass is 328 g/mol. The first kappa shape index (κ1) is 16.0. The minimum absolute atomic E-state index is 0.192. The van der Waals surface area contributed by atoms with Crippen molar-refractivity contribution in [2.24, 2.45) is 11.7 Å². The van der Waals surface area contributed by atoms with Crippen molar-refractivity contribution in [1.82, 2.24) is 5.32 Å². The fourth-order valence-corrected chi connectivity index (χ4v) is 2.04. The number of benzene rings is 1. The van der Waals surface area contributed by atoms with Gasteiger partial charge in [-0.2, -0.15) is 0 Å². The summed E-state index contributed by atoms with van der Waals surface area (Å²) in [6.45, 7) is 7.07. The van der Waals surface area contributed by atoms with Crippen molar-refractivity contribution < 1.29 is 9.53 Å². The zero-order valence-electron chi connectivity index (χ0n) is 11.6. The maximum absolute atomic E-state index is 11.0. The van der Waals surface area contributed by atoms with E-state index in [1.165, 1.54) is 0 Å². The molecule has 1 aromatic rings. The standard InChI is InChI=1S/C14H21BrN2O2/c1-4-17-10(3)12-6-5-11(15)7-13(12)19-8-9(2)14(16)18/h5-7,9-10,17H,4,8H2,1-3H3,(H2,16,18). The Bertz CT molecular complexity index is 437. The molecule has 0 saturated heterocycles. The van der Waals surface area contributed by atoms with E-state index in [0.29, 0.717) is 0 Å². The lowest BCUT2D eigenvalue weighted by Crippen LogP contribution is -2.26. The van der Waals surface area contributed by atoms with E-state index in [2.05, 4.69) is 35.1 Å². The molecule has 1 amide bonds. The molecule has 0 aliphatic heterocycles. The van der Waals surface area contributed by atoms with E-state index in [1.54, 1.807) is 6.92 Å². The van der Waals surface area contributed by atoms with E-state index >= 15 is 0 Å². The Morgan fingerprint density at radius 1 is 1.47 bits per heavy atom. The number of nitrogens with one attached hydrogen (secondary N) is 1. The average molecular weight is 329 g/mol. The number of rotatable bonds is 7. The van der Waals surface area contributed by atoms with Crippen LogP contribution in [0.2, 0.25) is 0 Å². The quantitative estimate of drug-likeness (QED) is 0.808.